The van der Waals surface area contributed by atoms with Gasteiger partial charge in [-0.3, -0.25) is 9.59 Å². The molecule has 1 atom stereocenters. The number of hydrogen-bond donors (Lipinski definition) is 2. The number of nitrogens with zero attached hydrogens (tertiary/aromatic N) is 1. The molecule has 0 radical (unpaired) electrons. The van der Waals surface area contributed by atoms with E-state index in [0.29, 0.717) is 35.0 Å². The molecular weight excluding hydrogens is 402 g/mol. The average molecular weight is 426 g/mol. The van der Waals surface area contributed by atoms with Gasteiger partial charge in [-0.15, -0.1) is 11.8 Å². The zero-order chi connectivity index (χ0) is 21.5. The van der Waals surface area contributed by atoms with Crippen LogP contribution < -0.4 is 15.4 Å². The van der Waals surface area contributed by atoms with E-state index in [2.05, 4.69) is 15.8 Å². The van der Waals surface area contributed by atoms with E-state index in [1.165, 1.54) is 11.8 Å². The number of benzene rings is 2. The molecule has 156 valence electrons. The lowest BCUT2D eigenvalue weighted by atomic mass is 10.2. The first-order chi connectivity index (χ1) is 14.5. The smallest absolute Gasteiger partial charge is 0.255 e. The minimum atomic E-state index is -0.314. The quantitative estimate of drug-likeness (QED) is 0.506. The third-order valence-electron chi connectivity index (χ3n) is 4.24. The van der Waals surface area contributed by atoms with Crippen LogP contribution in [0.1, 0.15) is 29.5 Å². The second-order valence-electron chi connectivity index (χ2n) is 6.54. The number of carbonyl (C=O) groups excluding carboxylic acids is 2. The lowest BCUT2D eigenvalue weighted by Crippen LogP contribution is -2.24. The number of aryl methyl sites for hydroxylation is 1. The molecule has 1 heterocycles. The number of aromatic nitrogens is 1. The predicted octanol–water partition coefficient (Wildman–Crippen LogP) is 4.75. The number of anilines is 2. The molecule has 7 nitrogen and oxygen atoms in total. The highest BCUT2D eigenvalue weighted by Gasteiger charge is 2.19. The van der Waals surface area contributed by atoms with Gasteiger partial charge < -0.3 is 19.9 Å². The molecule has 3 aromatic rings. The maximum absolute atomic E-state index is 12.6. The molecule has 0 spiro atoms. The van der Waals surface area contributed by atoms with Crippen LogP contribution in [0.4, 0.5) is 11.5 Å². The van der Waals surface area contributed by atoms with Crippen LogP contribution in [0.5, 0.6) is 5.75 Å². The number of ether oxygens (including phenoxy) is 1. The molecule has 8 heteroatoms. The Kier molecular flexibility index (Phi) is 7.13. The van der Waals surface area contributed by atoms with Gasteiger partial charge in [0.25, 0.3) is 5.91 Å². The lowest BCUT2D eigenvalue weighted by molar-refractivity contribution is -0.115. The first-order valence-electron chi connectivity index (χ1n) is 9.44. The maximum Gasteiger partial charge on any atom is 0.255 e. The molecule has 30 heavy (non-hydrogen) atoms. The van der Waals surface area contributed by atoms with Crippen molar-refractivity contribution in [3.8, 4) is 5.75 Å². The molecule has 0 bridgehead atoms. The summed E-state index contributed by atoms with van der Waals surface area (Å²) in [6, 6.07) is 16.0. The van der Waals surface area contributed by atoms with Gasteiger partial charge in [-0.05, 0) is 49.7 Å². The summed E-state index contributed by atoms with van der Waals surface area (Å²) >= 11 is 1.42. The van der Waals surface area contributed by atoms with E-state index >= 15 is 0 Å². The van der Waals surface area contributed by atoms with Crippen molar-refractivity contribution in [3.05, 3.63) is 65.9 Å². The predicted molar refractivity (Wildman–Crippen MR) is 117 cm³/mol. The van der Waals surface area contributed by atoms with Crippen LogP contribution in [0, 0.1) is 6.92 Å². The van der Waals surface area contributed by atoms with E-state index in [0.717, 1.165) is 4.90 Å². The number of carbonyl (C=O) groups is 2. The summed E-state index contributed by atoms with van der Waals surface area (Å²) in [6.07, 6.45) is 0.633. The van der Waals surface area contributed by atoms with Crippen molar-refractivity contribution in [1.82, 2.24) is 5.16 Å². The number of nitrogens with one attached hydrogen (secondary N) is 2. The van der Waals surface area contributed by atoms with E-state index in [1.54, 1.807) is 50.4 Å². The molecule has 2 aromatic carbocycles. The SMILES string of the molecule is CCC(Sc1cccc(NC(=O)c2cccc(OC)c2)c1)C(=O)Nc1cc(C)on1. The van der Waals surface area contributed by atoms with Gasteiger partial charge in [0.2, 0.25) is 5.91 Å². The Morgan fingerprint density at radius 1 is 1.13 bits per heavy atom. The van der Waals surface area contributed by atoms with E-state index in [9.17, 15) is 9.59 Å². The van der Waals surface area contributed by atoms with Crippen LogP contribution in [0.25, 0.3) is 0 Å². The third-order valence-corrected chi connectivity index (χ3v) is 5.60. The van der Waals surface area contributed by atoms with Crippen molar-refractivity contribution in [2.75, 3.05) is 17.7 Å². The molecule has 0 aliphatic rings. The summed E-state index contributed by atoms with van der Waals surface area (Å²) in [4.78, 5) is 26.0. The Morgan fingerprint density at radius 2 is 1.93 bits per heavy atom. The van der Waals surface area contributed by atoms with Crippen LogP contribution in [0.15, 0.2) is 64.0 Å². The van der Waals surface area contributed by atoms with Gasteiger partial charge in [-0.2, -0.15) is 0 Å². The number of hydrogen-bond acceptors (Lipinski definition) is 6. The van der Waals surface area contributed by atoms with Crippen molar-refractivity contribution in [2.45, 2.75) is 30.4 Å². The lowest BCUT2D eigenvalue weighted by Gasteiger charge is -2.14. The van der Waals surface area contributed by atoms with E-state index in [-0.39, 0.29) is 17.1 Å². The molecule has 2 N–H and O–H groups in total. The van der Waals surface area contributed by atoms with Gasteiger partial charge >= 0.3 is 0 Å². The van der Waals surface area contributed by atoms with Crippen LogP contribution in [0.2, 0.25) is 0 Å². The molecule has 3 rings (SSSR count). The van der Waals surface area contributed by atoms with Crippen LogP contribution in [0.3, 0.4) is 0 Å². The summed E-state index contributed by atoms with van der Waals surface area (Å²) < 4.78 is 10.1. The average Bonchev–Trinajstić information content (AvgIpc) is 3.16. The fourth-order valence-electron chi connectivity index (χ4n) is 2.73. The van der Waals surface area contributed by atoms with Crippen LogP contribution in [-0.4, -0.2) is 29.3 Å². The second-order valence-corrected chi connectivity index (χ2v) is 7.82. The van der Waals surface area contributed by atoms with Crippen molar-refractivity contribution in [1.29, 1.82) is 0 Å². The molecular formula is C22H23N3O4S. The third kappa shape index (κ3) is 5.64. The highest BCUT2D eigenvalue weighted by atomic mass is 32.2. The van der Waals surface area contributed by atoms with Crippen molar-refractivity contribution in [2.24, 2.45) is 0 Å². The second kappa shape index (κ2) is 9.98. The van der Waals surface area contributed by atoms with Gasteiger partial charge in [0.1, 0.15) is 11.5 Å². The molecule has 0 aliphatic carbocycles. The van der Waals surface area contributed by atoms with Crippen molar-refractivity contribution < 1.29 is 18.8 Å². The van der Waals surface area contributed by atoms with Crippen LogP contribution >= 0.6 is 11.8 Å². The molecule has 1 unspecified atom stereocenters. The van der Waals surface area contributed by atoms with Gasteiger partial charge in [0.05, 0.1) is 12.4 Å². The van der Waals surface area contributed by atoms with E-state index < -0.39 is 0 Å². The van der Waals surface area contributed by atoms with Gasteiger partial charge in [-0.25, -0.2) is 0 Å². The molecule has 0 fully saturated rings. The van der Waals surface area contributed by atoms with Gasteiger partial charge in [0.15, 0.2) is 5.82 Å². The number of rotatable bonds is 8. The number of thioether (sulfide) groups is 1. The summed E-state index contributed by atoms with van der Waals surface area (Å²) in [5, 5.41) is 9.13. The summed E-state index contributed by atoms with van der Waals surface area (Å²) in [5.41, 5.74) is 1.15. The minimum absolute atomic E-state index is 0.151. The monoisotopic (exact) mass is 425 g/mol. The zero-order valence-electron chi connectivity index (χ0n) is 17.0. The Hall–Kier alpha value is -3.26. The topological polar surface area (TPSA) is 93.5 Å². The Balaban J connectivity index is 1.66. The number of amides is 2. The minimum Gasteiger partial charge on any atom is -0.497 e. The summed E-state index contributed by atoms with van der Waals surface area (Å²) in [7, 11) is 1.56. The van der Waals surface area contributed by atoms with E-state index in [4.69, 9.17) is 9.26 Å². The Bertz CT molecular complexity index is 1030. The molecule has 0 saturated carbocycles. The van der Waals surface area contributed by atoms with Crippen molar-refractivity contribution >= 4 is 35.1 Å². The van der Waals surface area contributed by atoms with Gasteiger partial charge in [-0.1, -0.05) is 24.2 Å². The van der Waals surface area contributed by atoms with Crippen molar-refractivity contribution in [3.63, 3.8) is 0 Å². The molecule has 0 saturated heterocycles. The summed E-state index contributed by atoms with van der Waals surface area (Å²) in [6.45, 7) is 3.71. The molecule has 2 amide bonds. The zero-order valence-corrected chi connectivity index (χ0v) is 17.8. The Morgan fingerprint density at radius 3 is 2.63 bits per heavy atom. The largest absolute Gasteiger partial charge is 0.497 e. The molecule has 1 aromatic heterocycles. The first-order valence-corrected chi connectivity index (χ1v) is 10.3. The standard InChI is InChI=1S/C22H23N3O4S/c1-4-19(22(27)24-20-11-14(2)29-25-20)30-18-10-6-8-16(13-18)23-21(26)15-7-5-9-17(12-15)28-3/h5-13,19H,4H2,1-3H3,(H,23,26)(H,24,25,27). The first kappa shape index (κ1) is 21.4. The summed E-state index contributed by atoms with van der Waals surface area (Å²) in [5.74, 6) is 1.26. The van der Waals surface area contributed by atoms with E-state index in [1.807, 2.05) is 25.1 Å². The normalized spacial score (nSPS) is 11.6. The fraction of sp³-hybridized carbons (Fsp3) is 0.227. The Labute approximate surface area is 179 Å². The van der Waals surface area contributed by atoms with Crippen LogP contribution in [-0.2, 0) is 4.79 Å². The maximum atomic E-state index is 12.6. The highest BCUT2D eigenvalue weighted by molar-refractivity contribution is 8.00. The number of methoxy groups -OCH3 is 1. The highest BCUT2D eigenvalue weighted by Crippen LogP contribution is 2.29. The molecule has 0 aliphatic heterocycles. The van der Waals surface area contributed by atoms with Gasteiger partial charge in [0, 0.05) is 22.2 Å². The fourth-order valence-corrected chi connectivity index (χ4v) is 3.75.